The van der Waals surface area contributed by atoms with Gasteiger partial charge >= 0.3 is 11.9 Å². The summed E-state index contributed by atoms with van der Waals surface area (Å²) in [7, 11) is 0. The zero-order chi connectivity index (χ0) is 13.8. The van der Waals surface area contributed by atoms with E-state index in [-0.39, 0.29) is 12.7 Å². The van der Waals surface area contributed by atoms with Crippen molar-refractivity contribution in [3.63, 3.8) is 0 Å². The van der Waals surface area contributed by atoms with Crippen molar-refractivity contribution in [2.45, 2.75) is 59.5 Å². The predicted molar refractivity (Wildman–Crippen MR) is 67.9 cm³/mol. The molecule has 1 fully saturated rings. The standard InChI is InChI=1S/C14H24O4/c1-5-17-12(15)13(16)18-11-8-6-10(7-9-11)14(2,3)4/h10-11H,5-9H2,1-4H3. The normalized spacial score (nSPS) is 24.4. The van der Waals surface area contributed by atoms with Crippen molar-refractivity contribution in [1.82, 2.24) is 0 Å². The van der Waals surface area contributed by atoms with Crippen LogP contribution in [-0.4, -0.2) is 24.6 Å². The molecule has 4 heteroatoms. The number of rotatable bonds is 2. The van der Waals surface area contributed by atoms with Gasteiger partial charge in [-0.1, -0.05) is 20.8 Å². The van der Waals surface area contributed by atoms with Crippen LogP contribution in [0.3, 0.4) is 0 Å². The summed E-state index contributed by atoms with van der Waals surface area (Å²) in [5, 5.41) is 0. The van der Waals surface area contributed by atoms with E-state index in [0.29, 0.717) is 11.3 Å². The van der Waals surface area contributed by atoms with Crippen LogP contribution in [0, 0.1) is 11.3 Å². The molecule has 0 heterocycles. The summed E-state index contributed by atoms with van der Waals surface area (Å²) in [5.41, 5.74) is 0.302. The van der Waals surface area contributed by atoms with Gasteiger partial charge < -0.3 is 9.47 Å². The lowest BCUT2D eigenvalue weighted by molar-refractivity contribution is -0.172. The minimum absolute atomic E-state index is 0.125. The minimum atomic E-state index is -0.879. The molecule has 1 aliphatic carbocycles. The second-order valence-corrected chi connectivity index (χ2v) is 5.97. The highest BCUT2D eigenvalue weighted by atomic mass is 16.6. The van der Waals surface area contributed by atoms with Crippen molar-refractivity contribution in [2.24, 2.45) is 11.3 Å². The number of hydrogen-bond acceptors (Lipinski definition) is 4. The Morgan fingerprint density at radius 3 is 2.06 bits per heavy atom. The van der Waals surface area contributed by atoms with Crippen LogP contribution < -0.4 is 0 Å². The van der Waals surface area contributed by atoms with Crippen LogP contribution in [0.5, 0.6) is 0 Å². The maximum Gasteiger partial charge on any atom is 0.417 e. The largest absolute Gasteiger partial charge is 0.458 e. The Morgan fingerprint density at radius 2 is 1.61 bits per heavy atom. The molecule has 18 heavy (non-hydrogen) atoms. The first-order chi connectivity index (χ1) is 8.34. The third-order valence-electron chi connectivity index (χ3n) is 3.61. The van der Waals surface area contributed by atoms with Gasteiger partial charge in [0.05, 0.1) is 6.61 Å². The molecular weight excluding hydrogens is 232 g/mol. The lowest BCUT2D eigenvalue weighted by atomic mass is 9.72. The van der Waals surface area contributed by atoms with Gasteiger partial charge in [-0.25, -0.2) is 9.59 Å². The summed E-state index contributed by atoms with van der Waals surface area (Å²) in [6, 6.07) is 0. The Hall–Kier alpha value is -1.06. The molecule has 4 nitrogen and oxygen atoms in total. The van der Waals surface area contributed by atoms with Crippen molar-refractivity contribution in [3.05, 3.63) is 0 Å². The van der Waals surface area contributed by atoms with E-state index in [4.69, 9.17) is 4.74 Å². The summed E-state index contributed by atoms with van der Waals surface area (Å²) in [6.45, 7) is 8.58. The number of carbonyl (C=O) groups is 2. The lowest BCUT2D eigenvalue weighted by Gasteiger charge is -2.36. The Bertz CT molecular complexity index is 295. The molecule has 0 aliphatic heterocycles. The van der Waals surface area contributed by atoms with Gasteiger partial charge in [-0.15, -0.1) is 0 Å². The van der Waals surface area contributed by atoms with Crippen LogP contribution in [0.15, 0.2) is 0 Å². The number of carbonyl (C=O) groups excluding carboxylic acids is 2. The molecular formula is C14H24O4. The Labute approximate surface area is 109 Å². The first kappa shape index (κ1) is 15.0. The number of ether oxygens (including phenoxy) is 2. The van der Waals surface area contributed by atoms with Crippen LogP contribution in [0.25, 0.3) is 0 Å². The smallest absolute Gasteiger partial charge is 0.417 e. The molecule has 1 aliphatic rings. The van der Waals surface area contributed by atoms with Crippen molar-refractivity contribution in [3.8, 4) is 0 Å². The fraction of sp³-hybridized carbons (Fsp3) is 0.857. The molecule has 0 amide bonds. The van der Waals surface area contributed by atoms with E-state index in [1.807, 2.05) is 0 Å². The van der Waals surface area contributed by atoms with E-state index >= 15 is 0 Å². The summed E-state index contributed by atoms with van der Waals surface area (Å²) < 4.78 is 9.76. The second kappa shape index (κ2) is 6.21. The summed E-state index contributed by atoms with van der Waals surface area (Å²) in [5.74, 6) is -1.07. The molecule has 0 spiro atoms. The molecule has 0 bridgehead atoms. The highest BCUT2D eigenvalue weighted by molar-refractivity contribution is 6.29. The van der Waals surface area contributed by atoms with Gasteiger partial charge in [0.15, 0.2) is 0 Å². The van der Waals surface area contributed by atoms with Crippen LogP contribution in [-0.2, 0) is 19.1 Å². The SMILES string of the molecule is CCOC(=O)C(=O)OC1CCC(C(C)(C)C)CC1. The number of esters is 2. The van der Waals surface area contributed by atoms with E-state index in [1.165, 1.54) is 0 Å². The highest BCUT2D eigenvalue weighted by Gasteiger charge is 2.32. The summed E-state index contributed by atoms with van der Waals surface area (Å²) in [6.07, 6.45) is 3.65. The maximum absolute atomic E-state index is 11.4. The quantitative estimate of drug-likeness (QED) is 0.563. The third kappa shape index (κ3) is 4.31. The minimum Gasteiger partial charge on any atom is -0.458 e. The average molecular weight is 256 g/mol. The van der Waals surface area contributed by atoms with Crippen molar-refractivity contribution < 1.29 is 19.1 Å². The molecule has 0 atom stereocenters. The Kier molecular flexibility index (Phi) is 5.17. The van der Waals surface area contributed by atoms with Crippen molar-refractivity contribution >= 4 is 11.9 Å². The van der Waals surface area contributed by atoms with Gasteiger partial charge in [0, 0.05) is 0 Å². The molecule has 0 unspecified atom stereocenters. The van der Waals surface area contributed by atoms with Crippen molar-refractivity contribution in [2.75, 3.05) is 6.61 Å². The molecule has 0 aromatic heterocycles. The topological polar surface area (TPSA) is 52.6 Å². The second-order valence-electron chi connectivity index (χ2n) is 5.97. The van der Waals surface area contributed by atoms with E-state index in [9.17, 15) is 9.59 Å². The molecule has 0 N–H and O–H groups in total. The summed E-state index contributed by atoms with van der Waals surface area (Å²) in [4.78, 5) is 22.5. The van der Waals surface area contributed by atoms with Gasteiger partial charge in [0.1, 0.15) is 6.10 Å². The van der Waals surface area contributed by atoms with Crippen molar-refractivity contribution in [1.29, 1.82) is 0 Å². The van der Waals surface area contributed by atoms with Gasteiger partial charge in [0.25, 0.3) is 0 Å². The van der Waals surface area contributed by atoms with Gasteiger partial charge in [-0.3, -0.25) is 0 Å². The van der Waals surface area contributed by atoms with E-state index in [0.717, 1.165) is 25.7 Å². The third-order valence-corrected chi connectivity index (χ3v) is 3.61. The molecule has 0 aromatic carbocycles. The van der Waals surface area contributed by atoms with Gasteiger partial charge in [-0.2, -0.15) is 0 Å². The van der Waals surface area contributed by atoms with Crippen LogP contribution in [0.4, 0.5) is 0 Å². The van der Waals surface area contributed by atoms with E-state index in [2.05, 4.69) is 25.5 Å². The average Bonchev–Trinajstić information content (AvgIpc) is 2.28. The fourth-order valence-corrected chi connectivity index (χ4v) is 2.44. The fourth-order valence-electron chi connectivity index (χ4n) is 2.44. The Balaban J connectivity index is 2.36. The molecule has 0 aromatic rings. The monoisotopic (exact) mass is 256 g/mol. The first-order valence-electron chi connectivity index (χ1n) is 6.72. The first-order valence-corrected chi connectivity index (χ1v) is 6.72. The maximum atomic E-state index is 11.4. The Morgan fingerprint density at radius 1 is 1.06 bits per heavy atom. The zero-order valence-electron chi connectivity index (χ0n) is 11.8. The lowest BCUT2D eigenvalue weighted by Crippen LogP contribution is -2.32. The van der Waals surface area contributed by atoms with Crippen LogP contribution >= 0.6 is 0 Å². The molecule has 1 saturated carbocycles. The van der Waals surface area contributed by atoms with E-state index in [1.54, 1.807) is 6.92 Å². The van der Waals surface area contributed by atoms with Gasteiger partial charge in [-0.05, 0) is 43.9 Å². The van der Waals surface area contributed by atoms with Crippen LogP contribution in [0.1, 0.15) is 53.4 Å². The molecule has 1 rings (SSSR count). The van der Waals surface area contributed by atoms with Gasteiger partial charge in [0.2, 0.25) is 0 Å². The van der Waals surface area contributed by atoms with Crippen LogP contribution in [0.2, 0.25) is 0 Å². The van der Waals surface area contributed by atoms with E-state index < -0.39 is 11.9 Å². The molecule has 0 radical (unpaired) electrons. The summed E-state index contributed by atoms with van der Waals surface area (Å²) >= 11 is 0. The predicted octanol–water partition coefficient (Wildman–Crippen LogP) is 2.70. The molecule has 104 valence electrons. The highest BCUT2D eigenvalue weighted by Crippen LogP contribution is 2.38. The zero-order valence-corrected chi connectivity index (χ0v) is 11.8. The number of hydrogen-bond donors (Lipinski definition) is 0. The molecule has 0 saturated heterocycles.